The van der Waals surface area contributed by atoms with Gasteiger partial charge in [0, 0.05) is 46.9 Å². The molecule has 0 amide bonds. The Morgan fingerprint density at radius 3 is 1.94 bits per heavy atom. The molecule has 0 N–H and O–H groups in total. The summed E-state index contributed by atoms with van der Waals surface area (Å²) in [6.07, 6.45) is 0. The molecule has 252 valence electrons. The number of fused-ring (bicyclic) bond motifs is 6. The van der Waals surface area contributed by atoms with E-state index in [2.05, 4.69) is 121 Å². The van der Waals surface area contributed by atoms with Gasteiger partial charge in [-0.25, -0.2) is 14.8 Å². The van der Waals surface area contributed by atoms with E-state index in [1.54, 1.807) is 16.2 Å². The molecule has 3 aromatic heterocycles. The summed E-state index contributed by atoms with van der Waals surface area (Å²) < 4.78 is 9.76. The Morgan fingerprint density at radius 2 is 1.09 bits per heavy atom. The second-order valence-electron chi connectivity index (χ2n) is 13.6. The van der Waals surface area contributed by atoms with Crippen molar-refractivity contribution in [3.63, 3.8) is 0 Å². The van der Waals surface area contributed by atoms with E-state index >= 15 is 0 Å². The minimum absolute atomic E-state index is 0.0340. The maximum atomic E-state index is 12.5. The molecule has 10 rings (SSSR count). The number of benzene rings is 7. The maximum Gasteiger partial charge on any atom is 0.328 e. The fourth-order valence-electron chi connectivity index (χ4n) is 7.52. The van der Waals surface area contributed by atoms with Crippen LogP contribution in [0.5, 0.6) is 0 Å². The van der Waals surface area contributed by atoms with E-state index in [9.17, 15) is 4.79 Å². The number of aryl methyl sites for hydroxylation is 2. The molecule has 0 atom stereocenters. The van der Waals surface area contributed by atoms with Crippen LogP contribution in [0.15, 0.2) is 167 Å². The van der Waals surface area contributed by atoms with Gasteiger partial charge >= 0.3 is 5.69 Å². The fourth-order valence-corrected chi connectivity index (χ4v) is 7.52. The van der Waals surface area contributed by atoms with Gasteiger partial charge in [-0.05, 0) is 70.1 Å². The summed E-state index contributed by atoms with van der Waals surface area (Å²) in [4.78, 5) is 22.7. The average Bonchev–Trinajstić information content (AvgIpc) is 3.71. The SMILES string of the molecule is Cn1c(=O)n(C)c2cc(-c3ccc(-c4cc(-c5cccc(-c6ccc7oc8c9ccccc9ccc8c7c6)c5)nc(-c5ccccc5)n4)cc3)ccc21. The molecular formula is C47H32N4O2. The summed E-state index contributed by atoms with van der Waals surface area (Å²) in [5.41, 5.74) is 12.5. The average molecular weight is 685 g/mol. The van der Waals surface area contributed by atoms with Crippen LogP contribution in [-0.4, -0.2) is 19.1 Å². The third-order valence-corrected chi connectivity index (χ3v) is 10.4. The summed E-state index contributed by atoms with van der Waals surface area (Å²) in [5, 5.41) is 4.50. The molecule has 0 bridgehead atoms. The van der Waals surface area contributed by atoms with Crippen LogP contribution in [0.4, 0.5) is 0 Å². The summed E-state index contributed by atoms with van der Waals surface area (Å²) in [5.74, 6) is 0.668. The van der Waals surface area contributed by atoms with Crippen LogP contribution in [0.2, 0.25) is 0 Å². The minimum atomic E-state index is -0.0340. The molecule has 0 aliphatic heterocycles. The van der Waals surface area contributed by atoms with Crippen LogP contribution in [0.3, 0.4) is 0 Å². The Kier molecular flexibility index (Phi) is 6.98. The highest BCUT2D eigenvalue weighted by molar-refractivity contribution is 6.15. The van der Waals surface area contributed by atoms with Crippen LogP contribution in [0.1, 0.15) is 0 Å². The van der Waals surface area contributed by atoms with Crippen molar-refractivity contribution in [2.75, 3.05) is 0 Å². The predicted molar refractivity (Wildman–Crippen MR) is 216 cm³/mol. The number of furan rings is 1. The molecule has 0 unspecified atom stereocenters. The van der Waals surface area contributed by atoms with Gasteiger partial charge in [0.05, 0.1) is 22.4 Å². The van der Waals surface area contributed by atoms with E-state index in [0.29, 0.717) is 5.82 Å². The molecule has 0 aliphatic rings. The molecule has 3 heterocycles. The van der Waals surface area contributed by atoms with E-state index in [1.165, 1.54) is 5.39 Å². The molecule has 6 nitrogen and oxygen atoms in total. The van der Waals surface area contributed by atoms with Crippen molar-refractivity contribution in [3.05, 3.63) is 168 Å². The van der Waals surface area contributed by atoms with Crippen LogP contribution >= 0.6 is 0 Å². The molecule has 0 saturated heterocycles. The smallest absolute Gasteiger partial charge is 0.328 e. The lowest BCUT2D eigenvalue weighted by Crippen LogP contribution is -2.19. The molecular weight excluding hydrogens is 653 g/mol. The number of imidazole rings is 1. The van der Waals surface area contributed by atoms with Gasteiger partial charge in [0.15, 0.2) is 5.82 Å². The Hall–Kier alpha value is -7.05. The van der Waals surface area contributed by atoms with Crippen LogP contribution in [0, 0.1) is 0 Å². The van der Waals surface area contributed by atoms with E-state index in [1.807, 2.05) is 43.4 Å². The highest BCUT2D eigenvalue weighted by atomic mass is 16.3. The quantitative estimate of drug-likeness (QED) is 0.181. The number of aromatic nitrogens is 4. The zero-order chi connectivity index (χ0) is 35.6. The lowest BCUT2D eigenvalue weighted by molar-refractivity contribution is 0.672. The van der Waals surface area contributed by atoms with Crippen molar-refractivity contribution in [1.82, 2.24) is 19.1 Å². The molecule has 0 aliphatic carbocycles. The normalized spacial score (nSPS) is 11.7. The summed E-state index contributed by atoms with van der Waals surface area (Å²) in [7, 11) is 3.61. The number of hydrogen-bond acceptors (Lipinski definition) is 4. The van der Waals surface area contributed by atoms with Crippen LogP contribution < -0.4 is 5.69 Å². The lowest BCUT2D eigenvalue weighted by Gasteiger charge is -2.11. The molecule has 10 aromatic rings. The first-order valence-corrected chi connectivity index (χ1v) is 17.6. The first-order valence-electron chi connectivity index (χ1n) is 17.6. The third kappa shape index (κ3) is 5.15. The lowest BCUT2D eigenvalue weighted by atomic mass is 9.98. The molecule has 0 fully saturated rings. The van der Waals surface area contributed by atoms with Crippen LogP contribution in [0.25, 0.3) is 99.9 Å². The van der Waals surface area contributed by atoms with E-state index in [0.717, 1.165) is 88.7 Å². The first kappa shape index (κ1) is 30.7. The van der Waals surface area contributed by atoms with Crippen molar-refractivity contribution in [2.45, 2.75) is 0 Å². The van der Waals surface area contributed by atoms with Crippen molar-refractivity contribution in [1.29, 1.82) is 0 Å². The van der Waals surface area contributed by atoms with Gasteiger partial charge in [-0.1, -0.05) is 115 Å². The standard InChI is InChI=1S/C47H32N4O2/c1-50-42-23-20-35(27-43(42)51(2)47(50)52)29-15-17-31(18-16-29)40-28-41(49-46(48-40)32-10-4-3-5-11-32)36-13-8-12-33(25-36)34-21-24-44-39(26-34)38-22-19-30-9-6-7-14-37(30)45(38)53-44/h3-28H,1-2H3. The van der Waals surface area contributed by atoms with Crippen molar-refractivity contribution in [3.8, 4) is 56.2 Å². The number of hydrogen-bond donors (Lipinski definition) is 0. The Labute approximate surface area is 304 Å². The number of nitrogens with zero attached hydrogens (tertiary/aromatic N) is 4. The van der Waals surface area contributed by atoms with E-state index in [-0.39, 0.29) is 5.69 Å². The van der Waals surface area contributed by atoms with Crippen LogP contribution in [-0.2, 0) is 14.1 Å². The molecule has 0 spiro atoms. The zero-order valence-corrected chi connectivity index (χ0v) is 29.1. The van der Waals surface area contributed by atoms with Gasteiger partial charge in [0.1, 0.15) is 11.2 Å². The van der Waals surface area contributed by atoms with Crippen molar-refractivity contribution >= 4 is 43.7 Å². The molecule has 0 radical (unpaired) electrons. The summed E-state index contributed by atoms with van der Waals surface area (Å²) in [6, 6.07) is 54.4. The number of rotatable bonds is 5. The topological polar surface area (TPSA) is 65.8 Å². The monoisotopic (exact) mass is 684 g/mol. The zero-order valence-electron chi connectivity index (χ0n) is 29.1. The van der Waals surface area contributed by atoms with E-state index in [4.69, 9.17) is 14.4 Å². The highest BCUT2D eigenvalue weighted by Gasteiger charge is 2.15. The van der Waals surface area contributed by atoms with Gasteiger partial charge in [0.2, 0.25) is 0 Å². The summed E-state index contributed by atoms with van der Waals surface area (Å²) >= 11 is 0. The third-order valence-electron chi connectivity index (χ3n) is 10.4. The second kappa shape index (κ2) is 12.0. The fraction of sp³-hybridized carbons (Fsp3) is 0.0426. The summed E-state index contributed by atoms with van der Waals surface area (Å²) in [6.45, 7) is 0. The molecule has 6 heteroatoms. The Bertz CT molecular complexity index is 3100. The minimum Gasteiger partial charge on any atom is -0.455 e. The first-order chi connectivity index (χ1) is 26.0. The van der Waals surface area contributed by atoms with Gasteiger partial charge < -0.3 is 4.42 Å². The van der Waals surface area contributed by atoms with Gasteiger partial charge in [-0.3, -0.25) is 9.13 Å². The Balaban J connectivity index is 1.05. The van der Waals surface area contributed by atoms with E-state index < -0.39 is 0 Å². The molecule has 7 aromatic carbocycles. The van der Waals surface area contributed by atoms with Gasteiger partial charge in [-0.2, -0.15) is 0 Å². The van der Waals surface area contributed by atoms with Crippen molar-refractivity contribution < 1.29 is 4.42 Å². The van der Waals surface area contributed by atoms with Crippen molar-refractivity contribution in [2.24, 2.45) is 14.1 Å². The highest BCUT2D eigenvalue weighted by Crippen LogP contribution is 2.37. The molecule has 0 saturated carbocycles. The van der Waals surface area contributed by atoms with Gasteiger partial charge in [-0.15, -0.1) is 0 Å². The molecule has 53 heavy (non-hydrogen) atoms. The predicted octanol–water partition coefficient (Wildman–Crippen LogP) is 11.1. The van der Waals surface area contributed by atoms with Gasteiger partial charge in [0.25, 0.3) is 0 Å². The largest absolute Gasteiger partial charge is 0.455 e. The Morgan fingerprint density at radius 1 is 0.453 bits per heavy atom. The maximum absolute atomic E-state index is 12.5. The second-order valence-corrected chi connectivity index (χ2v) is 13.6.